The lowest BCUT2D eigenvalue weighted by Crippen LogP contribution is -2.17. The van der Waals surface area contributed by atoms with Gasteiger partial charge in [0.2, 0.25) is 0 Å². The number of unbranched alkanes of at least 4 members (excludes halogenated alkanes) is 1. The van der Waals surface area contributed by atoms with Crippen molar-refractivity contribution in [2.24, 2.45) is 0 Å². The Hall–Kier alpha value is -0.360. The van der Waals surface area contributed by atoms with Crippen molar-refractivity contribution in [3.63, 3.8) is 0 Å². The van der Waals surface area contributed by atoms with Gasteiger partial charge in [-0.25, -0.2) is 0 Å². The van der Waals surface area contributed by atoms with Crippen LogP contribution < -0.4 is 0 Å². The molecule has 0 fully saturated rings. The van der Waals surface area contributed by atoms with E-state index in [1.807, 2.05) is 18.1 Å². The zero-order valence-corrected chi connectivity index (χ0v) is 8.40. The zero-order chi connectivity index (χ0) is 7.40. The van der Waals surface area contributed by atoms with Crippen LogP contribution in [0.2, 0.25) is 0 Å². The number of hydrogen-bond acceptors (Lipinski definition) is 2. The lowest BCUT2D eigenvalue weighted by Gasteiger charge is -1.99. The maximum absolute atomic E-state index is 3.14. The van der Waals surface area contributed by atoms with E-state index >= 15 is 0 Å². The largest absolute Gasteiger partial charge is 0.577 e. The molecule has 0 aliphatic carbocycles. The Labute approximate surface area is 72.9 Å². The molecule has 0 aromatic carbocycles. The van der Waals surface area contributed by atoms with Gasteiger partial charge in [0.15, 0.2) is 0 Å². The second-order valence-corrected chi connectivity index (χ2v) is 2.56. The van der Waals surface area contributed by atoms with Crippen LogP contribution in [0.15, 0.2) is 12.4 Å². The average molecular weight is 171 g/mol. The first-order valence-electron chi connectivity index (χ1n) is 3.77. The summed E-state index contributed by atoms with van der Waals surface area (Å²) in [5.74, 6) is 0. The molecule has 0 amide bonds. The summed E-state index contributed by atoms with van der Waals surface area (Å²) >= 11 is 0. The number of hydrogen-bond donors (Lipinski definition) is 0. The van der Waals surface area contributed by atoms with Crippen LogP contribution in [0, 0.1) is 6.67 Å². The molecular formula is C8H16N2P. The van der Waals surface area contributed by atoms with E-state index in [4.69, 9.17) is 0 Å². The van der Waals surface area contributed by atoms with E-state index in [2.05, 4.69) is 24.7 Å². The van der Waals surface area contributed by atoms with Crippen molar-refractivity contribution in [1.29, 1.82) is 0 Å². The van der Waals surface area contributed by atoms with Gasteiger partial charge in [0, 0.05) is 0 Å². The summed E-state index contributed by atoms with van der Waals surface area (Å²) in [6, 6.07) is 0. The zero-order valence-electron chi connectivity index (χ0n) is 7.25. The Kier molecular flexibility index (Phi) is 5.14. The molecule has 0 atom stereocenters. The lowest BCUT2D eigenvalue weighted by atomic mass is 10.3. The topological polar surface area (TPSA) is 6.48 Å². The lowest BCUT2D eigenvalue weighted by molar-refractivity contribution is 0.373. The quantitative estimate of drug-likeness (QED) is 0.472. The highest BCUT2D eigenvalue weighted by Gasteiger charge is 2.26. The van der Waals surface area contributed by atoms with Gasteiger partial charge in [-0.05, 0) is 6.42 Å². The first kappa shape index (κ1) is 10.6. The predicted octanol–water partition coefficient (Wildman–Crippen LogP) is 1.83. The molecule has 1 radical (unpaired) electrons. The molecule has 0 aromatic heterocycles. The van der Waals surface area contributed by atoms with Crippen LogP contribution in [0.4, 0.5) is 0 Å². The van der Waals surface area contributed by atoms with Gasteiger partial charge in [-0.15, -0.1) is 9.80 Å². The summed E-state index contributed by atoms with van der Waals surface area (Å²) in [5.41, 5.74) is 0. The van der Waals surface area contributed by atoms with Gasteiger partial charge >= 0.3 is 6.67 Å². The van der Waals surface area contributed by atoms with Crippen LogP contribution in [-0.4, -0.2) is 23.4 Å². The Bertz CT molecular complexity index is 125. The summed E-state index contributed by atoms with van der Waals surface area (Å²) in [7, 11) is 1.99. The van der Waals surface area contributed by atoms with Crippen molar-refractivity contribution in [2.75, 3.05) is 13.6 Å². The molecule has 1 rings (SSSR count). The van der Waals surface area contributed by atoms with Crippen LogP contribution >= 0.6 is 9.90 Å². The summed E-state index contributed by atoms with van der Waals surface area (Å²) in [6.07, 6.45) is 6.55. The minimum Gasteiger partial charge on any atom is -0.577 e. The van der Waals surface area contributed by atoms with Crippen molar-refractivity contribution in [2.45, 2.75) is 19.8 Å². The maximum atomic E-state index is 3.14. The predicted molar refractivity (Wildman–Crippen MR) is 51.5 cm³/mol. The Balaban J connectivity index is 0.000001000. The molecule has 1 heterocycles. The molecule has 0 spiro atoms. The van der Waals surface area contributed by atoms with Crippen molar-refractivity contribution >= 4 is 9.90 Å². The summed E-state index contributed by atoms with van der Waals surface area (Å²) in [5, 5.41) is 0. The molecule has 0 bridgehead atoms. The van der Waals surface area contributed by atoms with Gasteiger partial charge < -0.3 is 9.90 Å². The molecule has 11 heavy (non-hydrogen) atoms. The first-order chi connectivity index (χ1) is 4.83. The van der Waals surface area contributed by atoms with Crippen molar-refractivity contribution < 1.29 is 0 Å². The fourth-order valence-corrected chi connectivity index (χ4v) is 0.903. The van der Waals surface area contributed by atoms with Crippen LogP contribution in [-0.2, 0) is 0 Å². The summed E-state index contributed by atoms with van der Waals surface area (Å²) in [4.78, 5) is 4.03. The Morgan fingerprint density at radius 3 is 2.55 bits per heavy atom. The van der Waals surface area contributed by atoms with E-state index in [1.165, 1.54) is 12.8 Å². The van der Waals surface area contributed by atoms with Gasteiger partial charge in [-0.3, -0.25) is 0 Å². The van der Waals surface area contributed by atoms with Gasteiger partial charge in [-0.1, -0.05) is 13.3 Å². The minimum absolute atomic E-state index is 0. The highest BCUT2D eigenvalue weighted by molar-refractivity contribution is 6.92. The third-order valence-corrected chi connectivity index (χ3v) is 1.51. The number of nitrogens with zero attached hydrogens (tertiary/aromatic N) is 2. The SMILES string of the molecule is CCCCN1[C+]N(C)C=C1.[PH2-]. The van der Waals surface area contributed by atoms with E-state index in [-0.39, 0.29) is 9.90 Å². The van der Waals surface area contributed by atoms with Crippen LogP contribution in [0.5, 0.6) is 0 Å². The molecule has 0 saturated heterocycles. The molecular weight excluding hydrogens is 155 g/mol. The fourth-order valence-electron chi connectivity index (χ4n) is 0.903. The Morgan fingerprint density at radius 1 is 1.36 bits per heavy atom. The molecule has 3 heteroatoms. The van der Waals surface area contributed by atoms with Crippen LogP contribution in [0.25, 0.3) is 0 Å². The van der Waals surface area contributed by atoms with Crippen LogP contribution in [0.1, 0.15) is 19.8 Å². The Morgan fingerprint density at radius 2 is 2.09 bits per heavy atom. The van der Waals surface area contributed by atoms with Gasteiger partial charge in [0.05, 0.1) is 26.0 Å². The summed E-state index contributed by atoms with van der Waals surface area (Å²) in [6.45, 7) is 6.44. The van der Waals surface area contributed by atoms with E-state index < -0.39 is 0 Å². The number of rotatable bonds is 3. The smallest absolute Gasteiger partial charge is 0.564 e. The highest BCUT2D eigenvalue weighted by atomic mass is 31.0. The average Bonchev–Trinajstić information content (AvgIpc) is 2.31. The fraction of sp³-hybridized carbons (Fsp3) is 0.625. The maximum Gasteiger partial charge on any atom is 0.564 e. The third-order valence-electron chi connectivity index (χ3n) is 1.51. The van der Waals surface area contributed by atoms with E-state index in [9.17, 15) is 0 Å². The molecule has 0 saturated carbocycles. The van der Waals surface area contributed by atoms with E-state index in [0.717, 1.165) is 6.54 Å². The van der Waals surface area contributed by atoms with E-state index in [0.29, 0.717) is 0 Å². The normalized spacial score (nSPS) is 14.7. The second-order valence-electron chi connectivity index (χ2n) is 2.56. The van der Waals surface area contributed by atoms with Crippen molar-refractivity contribution in [3.05, 3.63) is 19.1 Å². The monoisotopic (exact) mass is 171 g/mol. The first-order valence-corrected chi connectivity index (χ1v) is 3.77. The molecule has 1 aliphatic rings. The molecule has 0 aromatic rings. The second kappa shape index (κ2) is 5.31. The van der Waals surface area contributed by atoms with Crippen LogP contribution in [0.3, 0.4) is 0 Å². The summed E-state index contributed by atoms with van der Waals surface area (Å²) < 4.78 is 0. The van der Waals surface area contributed by atoms with Crippen molar-refractivity contribution in [3.8, 4) is 0 Å². The molecule has 0 N–H and O–H groups in total. The highest BCUT2D eigenvalue weighted by Crippen LogP contribution is 2.08. The van der Waals surface area contributed by atoms with Gasteiger partial charge in [0.25, 0.3) is 0 Å². The molecule has 2 nitrogen and oxygen atoms in total. The molecule has 1 aliphatic heterocycles. The van der Waals surface area contributed by atoms with Crippen molar-refractivity contribution in [1.82, 2.24) is 9.80 Å². The van der Waals surface area contributed by atoms with Gasteiger partial charge in [0.1, 0.15) is 0 Å². The molecule has 0 unspecified atom stereocenters. The minimum atomic E-state index is 0. The third kappa shape index (κ3) is 3.52. The molecule has 63 valence electrons. The van der Waals surface area contributed by atoms with E-state index in [1.54, 1.807) is 0 Å². The standard InChI is InChI=1S/C8H14N2.H2P/c1-3-4-5-10-7-6-9(2)8-10;/h6-7H,3-5H2,1-2H3;1H2/q+1;-1. The van der Waals surface area contributed by atoms with Gasteiger partial charge in [-0.2, -0.15) is 0 Å².